The second kappa shape index (κ2) is 18.1. The van der Waals surface area contributed by atoms with E-state index in [-0.39, 0.29) is 78.7 Å². The second-order valence-corrected chi connectivity index (χ2v) is 0. The molecule has 16 valence electrons. The van der Waals surface area contributed by atoms with E-state index in [1.165, 1.54) is 0 Å². The van der Waals surface area contributed by atoms with Crippen LogP contribution in [-0.4, -0.2) is 8.41 Å². The van der Waals surface area contributed by atoms with E-state index in [2.05, 4.69) is 0 Å². The Hall–Kier alpha value is 2.40. The van der Waals surface area contributed by atoms with Crippen molar-refractivity contribution < 1.29 is 70.3 Å². The maximum absolute atomic E-state index is 0. The molecule has 0 N–H and O–H groups in total. The van der Waals surface area contributed by atoms with Gasteiger partial charge in [-0.05, 0) is 0 Å². The largest absolute Gasteiger partial charge is 0 e. The van der Waals surface area contributed by atoms with Crippen LogP contribution in [0.5, 0.6) is 0 Å². The van der Waals surface area contributed by atoms with E-state index in [1.54, 1.807) is 0 Å². The molecule has 4 heavy (non-hydrogen) atoms. The summed E-state index contributed by atoms with van der Waals surface area (Å²) in [4.78, 5) is 0. The van der Waals surface area contributed by atoms with Crippen molar-refractivity contribution in [2.75, 3.05) is 0 Å². The maximum atomic E-state index is 0. The molecular weight excluding hydrogens is 243 g/mol. The normalized spacial score (nSPS) is 0. The summed E-state index contributed by atoms with van der Waals surface area (Å²) in [5.41, 5.74) is 0. The molecule has 4 radical (unpaired) electrons. The molecule has 0 spiro atoms. The van der Waals surface area contributed by atoms with Crippen molar-refractivity contribution in [3.05, 3.63) is 0 Å². The fourth-order valence-corrected chi connectivity index (χ4v) is 0. The van der Waals surface area contributed by atoms with E-state index < -0.39 is 0 Å². The summed E-state index contributed by atoms with van der Waals surface area (Å²) in [6, 6.07) is 0. The number of hydrogen-bond acceptors (Lipinski definition) is 0. The van der Waals surface area contributed by atoms with Gasteiger partial charge < -0.3 is 0 Å². The van der Waals surface area contributed by atoms with Crippen LogP contribution in [-0.2, 0) is 70.3 Å². The topological polar surface area (TPSA) is 0 Å². The summed E-state index contributed by atoms with van der Waals surface area (Å²) in [6.45, 7) is 0. The summed E-state index contributed by atoms with van der Waals surface area (Å²) >= 11 is 0. The molecular formula is BNbTiZr. The first kappa shape index (κ1) is 32.4. The minimum absolute atomic E-state index is 0. The maximum Gasteiger partial charge on any atom is 0 e. The van der Waals surface area contributed by atoms with Crippen molar-refractivity contribution >= 4 is 8.41 Å². The third kappa shape index (κ3) is 8.83. The van der Waals surface area contributed by atoms with Crippen LogP contribution < -0.4 is 0 Å². The van der Waals surface area contributed by atoms with Gasteiger partial charge in [-0.3, -0.25) is 0 Å². The zero-order valence-electron chi connectivity index (χ0n) is 2.02. The Bertz CT molecular complexity index is 8.00. The first-order valence-corrected chi connectivity index (χ1v) is 0. The molecule has 0 atom stereocenters. The molecule has 0 aliphatic heterocycles. The molecule has 0 aliphatic carbocycles. The Morgan fingerprint density at radius 2 is 1.00 bits per heavy atom. The van der Waals surface area contributed by atoms with Gasteiger partial charge in [-0.1, -0.05) is 0 Å². The van der Waals surface area contributed by atoms with E-state index in [4.69, 9.17) is 0 Å². The Balaban J connectivity index is 0. The smallest absolute Gasteiger partial charge is 0 e. The molecule has 0 bridgehead atoms. The first-order valence-electron chi connectivity index (χ1n) is 0. The van der Waals surface area contributed by atoms with Gasteiger partial charge in [0.05, 0.1) is 0 Å². The van der Waals surface area contributed by atoms with Crippen LogP contribution in [0.4, 0.5) is 0 Å². The Morgan fingerprint density at radius 1 is 1.00 bits per heavy atom. The molecule has 0 saturated heterocycles. The predicted molar refractivity (Wildman–Crippen MR) is 5.75 cm³/mol. The van der Waals surface area contributed by atoms with Gasteiger partial charge in [0.25, 0.3) is 0 Å². The minimum atomic E-state index is 0. The van der Waals surface area contributed by atoms with Crippen LogP contribution in [0.25, 0.3) is 0 Å². The SMILES string of the molecule is [B].[Nb].[Ti].[Zr]. The van der Waals surface area contributed by atoms with E-state index in [0.29, 0.717) is 0 Å². The van der Waals surface area contributed by atoms with E-state index >= 15 is 0 Å². The van der Waals surface area contributed by atoms with Crippen LogP contribution in [0.3, 0.4) is 0 Å². The molecule has 0 aromatic rings. The molecule has 0 heterocycles. The van der Waals surface area contributed by atoms with Crippen LogP contribution >= 0.6 is 0 Å². The molecule has 0 fully saturated rings. The summed E-state index contributed by atoms with van der Waals surface area (Å²) in [6.07, 6.45) is 0. The van der Waals surface area contributed by atoms with Crippen molar-refractivity contribution in [1.29, 1.82) is 0 Å². The Morgan fingerprint density at radius 3 is 1.00 bits per heavy atom. The van der Waals surface area contributed by atoms with Gasteiger partial charge in [0.2, 0.25) is 0 Å². The summed E-state index contributed by atoms with van der Waals surface area (Å²) in [5.74, 6) is 0. The summed E-state index contributed by atoms with van der Waals surface area (Å²) < 4.78 is 0. The average Bonchev–Trinajstić information content (AvgIpc) is 0. The zero-order valence-corrected chi connectivity index (χ0v) is 8.24. The van der Waals surface area contributed by atoms with Gasteiger partial charge in [0.15, 0.2) is 0 Å². The van der Waals surface area contributed by atoms with Crippen LogP contribution in [0, 0.1) is 0 Å². The monoisotopic (exact) mass is 242 g/mol. The molecule has 0 nitrogen and oxygen atoms in total. The van der Waals surface area contributed by atoms with Crippen LogP contribution in [0.1, 0.15) is 0 Å². The minimum Gasteiger partial charge on any atom is 0 e. The van der Waals surface area contributed by atoms with Crippen molar-refractivity contribution in [3.8, 4) is 0 Å². The van der Waals surface area contributed by atoms with Crippen molar-refractivity contribution in [2.45, 2.75) is 0 Å². The molecule has 0 amide bonds. The third-order valence-corrected chi connectivity index (χ3v) is 0. The van der Waals surface area contributed by atoms with Crippen LogP contribution in [0.2, 0.25) is 0 Å². The molecule has 0 aromatic heterocycles. The van der Waals surface area contributed by atoms with E-state index in [0.717, 1.165) is 0 Å². The molecule has 4 heteroatoms. The fourth-order valence-electron chi connectivity index (χ4n) is 0. The molecule has 0 saturated carbocycles. The van der Waals surface area contributed by atoms with Gasteiger partial charge in [-0.2, -0.15) is 0 Å². The zero-order chi connectivity index (χ0) is 0. The number of hydrogen-bond donors (Lipinski definition) is 0. The molecule has 0 aromatic carbocycles. The molecule has 0 unspecified atom stereocenters. The van der Waals surface area contributed by atoms with Gasteiger partial charge >= 0.3 is 0 Å². The molecule has 0 aliphatic rings. The first-order chi connectivity index (χ1) is 0. The second-order valence-electron chi connectivity index (χ2n) is 0. The standard InChI is InChI=1S/B.Nb.Ti.Zr. The van der Waals surface area contributed by atoms with E-state index in [9.17, 15) is 0 Å². The Kier molecular flexibility index (Phi) is 147. The predicted octanol–water partition coefficient (Wildman–Crippen LogP) is -0.388. The number of rotatable bonds is 0. The van der Waals surface area contributed by atoms with Crippen molar-refractivity contribution in [1.82, 2.24) is 0 Å². The van der Waals surface area contributed by atoms with Gasteiger partial charge in [0, 0.05) is 78.7 Å². The van der Waals surface area contributed by atoms with Crippen molar-refractivity contribution in [2.24, 2.45) is 0 Å². The average molecular weight is 243 g/mol. The van der Waals surface area contributed by atoms with Crippen molar-refractivity contribution in [3.63, 3.8) is 0 Å². The van der Waals surface area contributed by atoms with Gasteiger partial charge in [-0.25, -0.2) is 0 Å². The summed E-state index contributed by atoms with van der Waals surface area (Å²) in [7, 11) is 0. The molecule has 0 rings (SSSR count). The fraction of sp³-hybridized carbons (Fsp3) is 0. The Labute approximate surface area is 77.6 Å². The van der Waals surface area contributed by atoms with E-state index in [1.807, 2.05) is 0 Å². The summed E-state index contributed by atoms with van der Waals surface area (Å²) in [5, 5.41) is 0. The quantitative estimate of drug-likeness (QED) is 0.508. The third-order valence-electron chi connectivity index (χ3n) is 0. The van der Waals surface area contributed by atoms with Gasteiger partial charge in [0.1, 0.15) is 0 Å². The van der Waals surface area contributed by atoms with Crippen LogP contribution in [0.15, 0.2) is 0 Å². The van der Waals surface area contributed by atoms with Gasteiger partial charge in [-0.15, -0.1) is 0 Å².